The van der Waals surface area contributed by atoms with E-state index < -0.39 is 17.8 Å². The number of urea groups is 1. The zero-order valence-corrected chi connectivity index (χ0v) is 12.1. The smallest absolute Gasteiger partial charge is 0.322 e. The highest BCUT2D eigenvalue weighted by Gasteiger charge is 2.31. The first-order chi connectivity index (χ1) is 9.77. The van der Waals surface area contributed by atoms with Crippen LogP contribution in [0.5, 0.6) is 0 Å². The third-order valence-electron chi connectivity index (χ3n) is 3.33. The van der Waals surface area contributed by atoms with Crippen LogP contribution in [0.2, 0.25) is 5.02 Å². The molecule has 1 aliphatic rings. The average Bonchev–Trinajstić information content (AvgIpc) is 2.40. The third-order valence-corrected chi connectivity index (χ3v) is 3.66. The number of alkyl halides is 3. The van der Waals surface area contributed by atoms with Crippen LogP contribution in [0, 0.1) is 0 Å². The van der Waals surface area contributed by atoms with Crippen molar-refractivity contribution in [1.82, 2.24) is 9.80 Å². The number of likely N-dealkylation sites (N-methyl/N-ethyl adjacent to an activating group) is 1. The highest BCUT2D eigenvalue weighted by Crippen LogP contribution is 2.33. The monoisotopic (exact) mass is 321 g/mol. The second-order valence-corrected chi connectivity index (χ2v) is 5.32. The van der Waals surface area contributed by atoms with Gasteiger partial charge in [0.05, 0.1) is 16.3 Å². The van der Waals surface area contributed by atoms with E-state index in [1.54, 1.807) is 4.90 Å². The quantitative estimate of drug-likeness (QED) is 0.862. The molecule has 0 bridgehead atoms. The van der Waals surface area contributed by atoms with Crippen molar-refractivity contribution in [2.24, 2.45) is 0 Å². The minimum absolute atomic E-state index is 0.0320. The van der Waals surface area contributed by atoms with Crippen LogP contribution < -0.4 is 5.32 Å². The standard InChI is InChI=1S/C13H15ClF3N3O/c1-19-4-6-20(7-5-19)12(21)18-11-8-9(13(15,16)17)2-3-10(11)14/h2-3,8H,4-7H2,1H3,(H,18,21). The zero-order valence-electron chi connectivity index (χ0n) is 11.4. The number of hydrogen-bond donors (Lipinski definition) is 1. The van der Waals surface area contributed by atoms with Crippen LogP contribution in [0.1, 0.15) is 5.56 Å². The molecule has 1 heterocycles. The first-order valence-electron chi connectivity index (χ1n) is 6.38. The summed E-state index contributed by atoms with van der Waals surface area (Å²) in [5, 5.41) is 2.52. The summed E-state index contributed by atoms with van der Waals surface area (Å²) in [6, 6.07) is 2.41. The maximum Gasteiger partial charge on any atom is 0.416 e. The molecule has 1 aromatic carbocycles. The number of amides is 2. The van der Waals surface area contributed by atoms with Crippen LogP contribution in [0.4, 0.5) is 23.7 Å². The predicted molar refractivity (Wildman–Crippen MR) is 74.5 cm³/mol. The van der Waals surface area contributed by atoms with E-state index in [9.17, 15) is 18.0 Å². The van der Waals surface area contributed by atoms with Gasteiger partial charge in [0.25, 0.3) is 0 Å². The summed E-state index contributed by atoms with van der Waals surface area (Å²) in [6.45, 7) is 2.51. The molecule has 8 heteroatoms. The van der Waals surface area contributed by atoms with Crippen molar-refractivity contribution in [2.75, 3.05) is 38.5 Å². The molecule has 0 unspecified atom stereocenters. The predicted octanol–water partition coefficient (Wildman–Crippen LogP) is 3.14. The number of nitrogens with one attached hydrogen (secondary N) is 1. The number of hydrogen-bond acceptors (Lipinski definition) is 2. The van der Waals surface area contributed by atoms with E-state index in [-0.39, 0.29) is 10.7 Å². The summed E-state index contributed by atoms with van der Waals surface area (Å²) in [7, 11) is 1.94. The molecule has 2 amide bonds. The summed E-state index contributed by atoms with van der Waals surface area (Å²) in [5.41, 5.74) is -0.879. The van der Waals surface area contributed by atoms with Crippen LogP contribution in [-0.4, -0.2) is 49.1 Å². The Labute approximate surface area is 125 Å². The Morgan fingerprint density at radius 3 is 2.43 bits per heavy atom. The minimum Gasteiger partial charge on any atom is -0.322 e. The van der Waals surface area contributed by atoms with Crippen molar-refractivity contribution in [3.05, 3.63) is 28.8 Å². The molecule has 0 atom stereocenters. The summed E-state index contributed by atoms with van der Waals surface area (Å²) in [6.07, 6.45) is -4.47. The van der Waals surface area contributed by atoms with Crippen LogP contribution in [-0.2, 0) is 6.18 Å². The molecule has 2 rings (SSSR count). The zero-order chi connectivity index (χ0) is 15.6. The summed E-state index contributed by atoms with van der Waals surface area (Å²) in [4.78, 5) is 15.7. The Morgan fingerprint density at radius 1 is 1.24 bits per heavy atom. The lowest BCUT2D eigenvalue weighted by molar-refractivity contribution is -0.137. The van der Waals surface area contributed by atoms with Gasteiger partial charge >= 0.3 is 12.2 Å². The lowest BCUT2D eigenvalue weighted by atomic mass is 10.2. The van der Waals surface area contributed by atoms with Gasteiger partial charge in [-0.15, -0.1) is 0 Å². The van der Waals surface area contributed by atoms with E-state index in [0.717, 1.165) is 31.3 Å². The molecule has 4 nitrogen and oxygen atoms in total. The molecule has 1 aliphatic heterocycles. The fourth-order valence-corrected chi connectivity index (χ4v) is 2.17. The maximum absolute atomic E-state index is 12.7. The number of halogens is 4. The number of benzene rings is 1. The molecule has 0 saturated carbocycles. The van der Waals surface area contributed by atoms with Crippen molar-refractivity contribution in [1.29, 1.82) is 0 Å². The second-order valence-electron chi connectivity index (χ2n) is 4.91. The SMILES string of the molecule is CN1CCN(C(=O)Nc2cc(C(F)(F)F)ccc2Cl)CC1. The molecule has 0 spiro atoms. The van der Waals surface area contributed by atoms with Crippen molar-refractivity contribution in [3.63, 3.8) is 0 Å². The first-order valence-corrected chi connectivity index (χ1v) is 6.76. The Bertz CT molecular complexity index is 528. The van der Waals surface area contributed by atoms with Crippen LogP contribution in [0.3, 0.4) is 0 Å². The lowest BCUT2D eigenvalue weighted by Gasteiger charge is -2.32. The highest BCUT2D eigenvalue weighted by molar-refractivity contribution is 6.33. The molecule has 0 radical (unpaired) electrons. The van der Waals surface area contributed by atoms with E-state index in [0.29, 0.717) is 13.1 Å². The van der Waals surface area contributed by atoms with Crippen molar-refractivity contribution in [2.45, 2.75) is 6.18 Å². The molecule has 0 aliphatic carbocycles. The Morgan fingerprint density at radius 2 is 1.86 bits per heavy atom. The van der Waals surface area contributed by atoms with E-state index in [1.807, 2.05) is 7.05 Å². The molecule has 21 heavy (non-hydrogen) atoms. The molecule has 116 valence electrons. The summed E-state index contributed by atoms with van der Waals surface area (Å²) < 4.78 is 38.0. The first kappa shape index (κ1) is 15.9. The normalized spacial score (nSPS) is 16.9. The van der Waals surface area contributed by atoms with Gasteiger partial charge in [0.2, 0.25) is 0 Å². The van der Waals surface area contributed by atoms with Gasteiger partial charge in [-0.2, -0.15) is 13.2 Å². The van der Waals surface area contributed by atoms with Crippen LogP contribution in [0.15, 0.2) is 18.2 Å². The molecule has 0 aromatic heterocycles. The number of anilines is 1. The van der Waals surface area contributed by atoms with Gasteiger partial charge in [-0.05, 0) is 25.2 Å². The Hall–Kier alpha value is -1.47. The van der Waals surface area contributed by atoms with Crippen LogP contribution in [0.25, 0.3) is 0 Å². The molecular formula is C13H15ClF3N3O. The largest absolute Gasteiger partial charge is 0.416 e. The topological polar surface area (TPSA) is 35.6 Å². The van der Waals surface area contributed by atoms with Gasteiger partial charge in [0.15, 0.2) is 0 Å². The molecule has 1 fully saturated rings. The van der Waals surface area contributed by atoms with E-state index >= 15 is 0 Å². The highest BCUT2D eigenvalue weighted by atomic mass is 35.5. The fourth-order valence-electron chi connectivity index (χ4n) is 2.00. The maximum atomic E-state index is 12.7. The van der Waals surface area contributed by atoms with Gasteiger partial charge in [-0.1, -0.05) is 11.6 Å². The summed E-state index contributed by atoms with van der Waals surface area (Å²) in [5.74, 6) is 0. The van der Waals surface area contributed by atoms with Gasteiger partial charge in [0, 0.05) is 26.2 Å². The van der Waals surface area contributed by atoms with E-state index in [4.69, 9.17) is 11.6 Å². The van der Waals surface area contributed by atoms with Gasteiger partial charge < -0.3 is 15.1 Å². The number of rotatable bonds is 1. The second kappa shape index (κ2) is 6.11. The molecular weight excluding hydrogens is 307 g/mol. The number of piperazine rings is 1. The fraction of sp³-hybridized carbons (Fsp3) is 0.462. The van der Waals surface area contributed by atoms with Crippen molar-refractivity contribution >= 4 is 23.3 Å². The van der Waals surface area contributed by atoms with Gasteiger partial charge in [0.1, 0.15) is 0 Å². The van der Waals surface area contributed by atoms with Gasteiger partial charge in [-0.25, -0.2) is 4.79 Å². The minimum atomic E-state index is -4.47. The Balaban J connectivity index is 2.10. The molecule has 1 N–H and O–H groups in total. The van der Waals surface area contributed by atoms with Crippen molar-refractivity contribution in [3.8, 4) is 0 Å². The van der Waals surface area contributed by atoms with E-state index in [1.165, 1.54) is 0 Å². The number of carbonyl (C=O) groups excluding carboxylic acids is 1. The lowest BCUT2D eigenvalue weighted by Crippen LogP contribution is -2.48. The molecule has 1 aromatic rings. The Kier molecular flexibility index (Phi) is 4.63. The number of nitrogens with zero attached hydrogens (tertiary/aromatic N) is 2. The van der Waals surface area contributed by atoms with Crippen LogP contribution >= 0.6 is 11.6 Å². The third kappa shape index (κ3) is 4.01. The van der Waals surface area contributed by atoms with Gasteiger partial charge in [-0.3, -0.25) is 0 Å². The summed E-state index contributed by atoms with van der Waals surface area (Å²) >= 11 is 5.84. The average molecular weight is 322 g/mol. The van der Waals surface area contributed by atoms with E-state index in [2.05, 4.69) is 10.2 Å². The number of carbonyl (C=O) groups is 1. The van der Waals surface area contributed by atoms with Crippen molar-refractivity contribution < 1.29 is 18.0 Å². The molecule has 1 saturated heterocycles.